The maximum atomic E-state index is 10.9. The van der Waals surface area contributed by atoms with Crippen LogP contribution in [0, 0.1) is 0 Å². The first-order valence-electron chi connectivity index (χ1n) is 3.64. The van der Waals surface area contributed by atoms with Crippen LogP contribution in [0.3, 0.4) is 0 Å². The third kappa shape index (κ3) is 1.85. The van der Waals surface area contributed by atoms with Crippen LogP contribution in [0.2, 0.25) is 0 Å². The van der Waals surface area contributed by atoms with Crippen molar-refractivity contribution in [2.24, 2.45) is 0 Å². The third-order valence-electron chi connectivity index (χ3n) is 1.71. The number of anilines is 1. The van der Waals surface area contributed by atoms with E-state index in [2.05, 4.69) is 0 Å². The molecule has 0 aliphatic rings. The average molecular weight is 181 g/mol. The highest BCUT2D eigenvalue weighted by Crippen LogP contribution is 2.16. The van der Waals surface area contributed by atoms with E-state index in [1.165, 1.54) is 6.92 Å². The Bertz CT molecular complexity index is 284. The van der Waals surface area contributed by atoms with E-state index in [0.717, 1.165) is 5.69 Å². The predicted molar refractivity (Wildman–Crippen MR) is 51.2 cm³/mol. The first-order chi connectivity index (χ1) is 5.61. The standard InChI is InChI=1S/C8H11NO2Si/c1-6(10)9(12)7-2-4-8(11)5-3-7/h2-5,11H,1,12H3. The summed E-state index contributed by atoms with van der Waals surface area (Å²) in [4.78, 5) is 10.9. The molecule has 4 heteroatoms. The van der Waals surface area contributed by atoms with Crippen molar-refractivity contribution in [3.05, 3.63) is 24.3 Å². The molecule has 0 saturated heterocycles. The summed E-state index contributed by atoms with van der Waals surface area (Å²) in [6, 6.07) is 6.60. The third-order valence-corrected chi connectivity index (χ3v) is 2.86. The number of phenols is 1. The summed E-state index contributed by atoms with van der Waals surface area (Å²) in [5, 5.41) is 8.98. The van der Waals surface area contributed by atoms with Crippen molar-refractivity contribution in [2.75, 3.05) is 4.57 Å². The molecule has 0 atom stereocenters. The van der Waals surface area contributed by atoms with E-state index in [4.69, 9.17) is 5.11 Å². The summed E-state index contributed by atoms with van der Waals surface area (Å²) >= 11 is 0. The van der Waals surface area contributed by atoms with Crippen LogP contribution in [0.1, 0.15) is 6.92 Å². The molecule has 3 nitrogen and oxygen atoms in total. The Morgan fingerprint density at radius 3 is 2.33 bits per heavy atom. The molecule has 0 spiro atoms. The van der Waals surface area contributed by atoms with Crippen LogP contribution in [-0.4, -0.2) is 21.4 Å². The molecule has 0 bridgehead atoms. The minimum atomic E-state index is 0.0346. The van der Waals surface area contributed by atoms with E-state index >= 15 is 0 Å². The molecule has 1 rings (SSSR count). The summed E-state index contributed by atoms with van der Waals surface area (Å²) in [5.41, 5.74) is 0.840. The lowest BCUT2D eigenvalue weighted by Gasteiger charge is -2.14. The van der Waals surface area contributed by atoms with Crippen molar-refractivity contribution < 1.29 is 9.90 Å². The number of aromatic hydroxyl groups is 1. The molecule has 0 radical (unpaired) electrons. The molecule has 0 fully saturated rings. The van der Waals surface area contributed by atoms with Gasteiger partial charge in [-0.15, -0.1) is 0 Å². The molecular formula is C8H11NO2Si. The molecule has 1 aromatic rings. The van der Waals surface area contributed by atoms with Gasteiger partial charge < -0.3 is 9.67 Å². The Labute approximate surface area is 74.1 Å². The van der Waals surface area contributed by atoms with Crippen LogP contribution in [0.25, 0.3) is 0 Å². The van der Waals surface area contributed by atoms with Gasteiger partial charge >= 0.3 is 0 Å². The lowest BCUT2D eigenvalue weighted by molar-refractivity contribution is -0.115. The maximum Gasteiger partial charge on any atom is 0.215 e. The molecule has 1 aromatic carbocycles. The monoisotopic (exact) mass is 181 g/mol. The molecule has 0 aromatic heterocycles. The number of hydrogen-bond donors (Lipinski definition) is 1. The van der Waals surface area contributed by atoms with Gasteiger partial charge in [-0.1, -0.05) is 0 Å². The van der Waals surface area contributed by atoms with E-state index in [-0.39, 0.29) is 11.7 Å². The summed E-state index contributed by atoms with van der Waals surface area (Å²) in [6.45, 7) is 1.53. The van der Waals surface area contributed by atoms with Gasteiger partial charge in [-0.05, 0) is 24.3 Å². The highest BCUT2D eigenvalue weighted by molar-refractivity contribution is 6.30. The number of carbonyl (C=O) groups is 1. The fourth-order valence-electron chi connectivity index (χ4n) is 0.858. The highest BCUT2D eigenvalue weighted by Gasteiger charge is 2.03. The topological polar surface area (TPSA) is 40.5 Å². The van der Waals surface area contributed by atoms with Crippen molar-refractivity contribution in [1.82, 2.24) is 0 Å². The highest BCUT2D eigenvalue weighted by atomic mass is 28.2. The molecule has 1 amide bonds. The van der Waals surface area contributed by atoms with E-state index in [1.54, 1.807) is 28.8 Å². The van der Waals surface area contributed by atoms with Gasteiger partial charge in [0, 0.05) is 12.6 Å². The van der Waals surface area contributed by atoms with Gasteiger partial charge in [-0.2, -0.15) is 0 Å². The second kappa shape index (κ2) is 3.40. The SMILES string of the molecule is CC(=O)N([SiH3])c1ccc(O)cc1. The van der Waals surface area contributed by atoms with E-state index in [1.807, 2.05) is 0 Å². The molecule has 0 aliphatic carbocycles. The Morgan fingerprint density at radius 2 is 1.92 bits per heavy atom. The molecule has 0 heterocycles. The summed E-state index contributed by atoms with van der Waals surface area (Å²) in [6.07, 6.45) is 0. The number of carbonyl (C=O) groups excluding carboxylic acids is 1. The second-order valence-electron chi connectivity index (χ2n) is 2.59. The normalized spacial score (nSPS) is 9.75. The number of hydrogen-bond acceptors (Lipinski definition) is 2. The smallest absolute Gasteiger partial charge is 0.215 e. The van der Waals surface area contributed by atoms with Crippen LogP contribution in [-0.2, 0) is 4.79 Å². The minimum Gasteiger partial charge on any atom is -0.508 e. The molecule has 64 valence electrons. The lowest BCUT2D eigenvalue weighted by Crippen LogP contribution is -2.24. The molecule has 0 unspecified atom stereocenters. The zero-order valence-electron chi connectivity index (χ0n) is 7.11. The maximum absolute atomic E-state index is 10.9. The van der Waals surface area contributed by atoms with Crippen LogP contribution in [0.15, 0.2) is 24.3 Å². The zero-order valence-corrected chi connectivity index (χ0v) is 9.11. The predicted octanol–water partition coefficient (Wildman–Crippen LogP) is 0.0255. The van der Waals surface area contributed by atoms with Crippen molar-refractivity contribution >= 4 is 22.0 Å². The van der Waals surface area contributed by atoms with Crippen molar-refractivity contribution in [1.29, 1.82) is 0 Å². The largest absolute Gasteiger partial charge is 0.508 e. The van der Waals surface area contributed by atoms with Gasteiger partial charge in [0.05, 0.1) is 0 Å². The molecule has 0 aliphatic heterocycles. The van der Waals surface area contributed by atoms with Gasteiger partial charge in [-0.3, -0.25) is 4.79 Å². The molecular weight excluding hydrogens is 170 g/mol. The lowest BCUT2D eigenvalue weighted by atomic mass is 10.3. The Morgan fingerprint density at radius 1 is 1.42 bits per heavy atom. The van der Waals surface area contributed by atoms with E-state index in [0.29, 0.717) is 10.4 Å². The Kier molecular flexibility index (Phi) is 2.50. The van der Waals surface area contributed by atoms with Crippen LogP contribution >= 0.6 is 0 Å². The number of nitrogens with zero attached hydrogens (tertiary/aromatic N) is 1. The van der Waals surface area contributed by atoms with Crippen LogP contribution in [0.5, 0.6) is 5.75 Å². The van der Waals surface area contributed by atoms with Crippen molar-refractivity contribution in [3.8, 4) is 5.75 Å². The summed E-state index contributed by atoms with van der Waals surface area (Å²) in [5.74, 6) is 0.254. The fourth-order valence-corrected chi connectivity index (χ4v) is 1.16. The number of benzene rings is 1. The van der Waals surface area contributed by atoms with Crippen LogP contribution in [0.4, 0.5) is 5.69 Å². The van der Waals surface area contributed by atoms with Crippen LogP contribution < -0.4 is 4.57 Å². The van der Waals surface area contributed by atoms with Crippen molar-refractivity contribution in [2.45, 2.75) is 6.92 Å². The van der Waals surface area contributed by atoms with Gasteiger partial charge in [0.15, 0.2) is 0 Å². The Balaban J connectivity index is 2.89. The molecule has 1 N–H and O–H groups in total. The zero-order chi connectivity index (χ0) is 9.14. The summed E-state index contributed by atoms with van der Waals surface area (Å²) < 4.78 is 1.65. The molecule has 12 heavy (non-hydrogen) atoms. The first-order valence-corrected chi connectivity index (χ1v) is 4.54. The second-order valence-corrected chi connectivity index (χ2v) is 3.49. The van der Waals surface area contributed by atoms with Gasteiger partial charge in [0.2, 0.25) is 5.91 Å². The quantitative estimate of drug-likeness (QED) is 0.621. The summed E-state index contributed by atoms with van der Waals surface area (Å²) in [7, 11) is 0.661. The van der Waals surface area contributed by atoms with E-state index < -0.39 is 0 Å². The number of rotatable bonds is 1. The Hall–Kier alpha value is -1.29. The molecule has 0 saturated carbocycles. The number of phenolic OH excluding ortho intramolecular Hbond substituents is 1. The van der Waals surface area contributed by atoms with Crippen molar-refractivity contribution in [3.63, 3.8) is 0 Å². The fraction of sp³-hybridized carbons (Fsp3) is 0.125. The number of amides is 1. The minimum absolute atomic E-state index is 0.0346. The van der Waals surface area contributed by atoms with E-state index in [9.17, 15) is 4.79 Å². The first kappa shape index (κ1) is 8.80. The van der Waals surface area contributed by atoms with Gasteiger partial charge in [0.25, 0.3) is 0 Å². The van der Waals surface area contributed by atoms with Gasteiger partial charge in [0.1, 0.15) is 16.2 Å². The van der Waals surface area contributed by atoms with Gasteiger partial charge in [-0.25, -0.2) is 0 Å². The average Bonchev–Trinajstić information content (AvgIpc) is 2.04.